The summed E-state index contributed by atoms with van der Waals surface area (Å²) >= 11 is 3.25. The predicted octanol–water partition coefficient (Wildman–Crippen LogP) is 1.94. The summed E-state index contributed by atoms with van der Waals surface area (Å²) in [4.78, 5) is 16.0. The lowest BCUT2D eigenvalue weighted by Gasteiger charge is -2.17. The van der Waals surface area contributed by atoms with E-state index in [2.05, 4.69) is 31.0 Å². The van der Waals surface area contributed by atoms with Crippen LogP contribution in [-0.4, -0.2) is 33.0 Å². The Morgan fingerprint density at radius 1 is 1.33 bits per heavy atom. The lowest BCUT2D eigenvalue weighted by atomic mass is 10.1. The van der Waals surface area contributed by atoms with Gasteiger partial charge in [-0.25, -0.2) is 8.42 Å². The molecule has 0 spiro atoms. The number of anilines is 1. The molecule has 2 aromatic rings. The Morgan fingerprint density at radius 2 is 2.12 bits per heavy atom. The first-order valence-corrected chi connectivity index (χ1v) is 9.32. The molecule has 0 unspecified atom stereocenters. The number of nitrogens with zero attached hydrogens (tertiary/aromatic N) is 1. The topological polar surface area (TPSA) is 97.4 Å². The van der Waals surface area contributed by atoms with Crippen LogP contribution in [0.25, 0.3) is 0 Å². The van der Waals surface area contributed by atoms with E-state index < -0.39 is 10.0 Å². The molecule has 1 aromatic heterocycles. The number of aromatic nitrogens is 1. The first-order chi connectivity index (χ1) is 11.4. The van der Waals surface area contributed by atoms with Crippen molar-refractivity contribution in [3.63, 3.8) is 0 Å². The van der Waals surface area contributed by atoms with Gasteiger partial charge < -0.3 is 10.1 Å². The fraction of sp³-hybridized carbons (Fsp3) is 0.200. The van der Waals surface area contributed by atoms with Crippen molar-refractivity contribution in [3.8, 4) is 5.75 Å². The lowest BCUT2D eigenvalue weighted by molar-refractivity contribution is 0.0945. The van der Waals surface area contributed by atoms with Gasteiger partial charge in [0.1, 0.15) is 10.6 Å². The molecule has 1 aliphatic heterocycles. The molecule has 2 N–H and O–H groups in total. The van der Waals surface area contributed by atoms with Crippen LogP contribution >= 0.6 is 15.9 Å². The van der Waals surface area contributed by atoms with Crippen LogP contribution in [0.2, 0.25) is 0 Å². The Balaban J connectivity index is 1.97. The molecule has 0 saturated heterocycles. The zero-order valence-electron chi connectivity index (χ0n) is 12.7. The average molecular weight is 412 g/mol. The van der Waals surface area contributed by atoms with E-state index in [-0.39, 0.29) is 22.2 Å². The van der Waals surface area contributed by atoms with Crippen LogP contribution in [-0.2, 0) is 16.4 Å². The Labute approximate surface area is 147 Å². The summed E-state index contributed by atoms with van der Waals surface area (Å²) in [7, 11) is -2.50. The summed E-state index contributed by atoms with van der Waals surface area (Å²) in [5.74, 6) is -0.0424. The molecule has 3 rings (SSSR count). The molecule has 0 saturated carbocycles. The summed E-state index contributed by atoms with van der Waals surface area (Å²) in [6.45, 7) is 0.527. The number of halogens is 1. The van der Waals surface area contributed by atoms with Crippen LogP contribution in [0, 0.1) is 0 Å². The standard InChI is InChI=1S/C15H14BrN3O4S/c1-23-13-3-2-9(16)6-14(13)24(21,22)19-10-7-11-12(18-8-10)4-5-17-15(11)20/h2-3,6-8,19H,4-5H2,1H3,(H,17,20). The van der Waals surface area contributed by atoms with Crippen LogP contribution in [0.15, 0.2) is 39.8 Å². The first kappa shape index (κ1) is 16.7. The van der Waals surface area contributed by atoms with Crippen molar-refractivity contribution >= 4 is 37.5 Å². The van der Waals surface area contributed by atoms with Gasteiger partial charge in [0.05, 0.1) is 30.3 Å². The third-order valence-corrected chi connectivity index (χ3v) is 5.43. The minimum atomic E-state index is -3.90. The highest BCUT2D eigenvalue weighted by atomic mass is 79.9. The van der Waals surface area contributed by atoms with Crippen molar-refractivity contribution in [2.45, 2.75) is 11.3 Å². The van der Waals surface area contributed by atoms with Gasteiger partial charge >= 0.3 is 0 Å². The molecule has 0 radical (unpaired) electrons. The van der Waals surface area contributed by atoms with E-state index >= 15 is 0 Å². The van der Waals surface area contributed by atoms with E-state index in [9.17, 15) is 13.2 Å². The van der Waals surface area contributed by atoms with Crippen LogP contribution in [0.3, 0.4) is 0 Å². The van der Waals surface area contributed by atoms with Gasteiger partial charge in [0.2, 0.25) is 0 Å². The van der Waals surface area contributed by atoms with Crippen molar-refractivity contribution in [1.82, 2.24) is 10.3 Å². The number of carbonyl (C=O) groups is 1. The minimum Gasteiger partial charge on any atom is -0.495 e. The fourth-order valence-electron chi connectivity index (χ4n) is 2.41. The maximum Gasteiger partial charge on any atom is 0.265 e. The van der Waals surface area contributed by atoms with Gasteiger partial charge in [-0.2, -0.15) is 0 Å². The van der Waals surface area contributed by atoms with E-state index in [0.29, 0.717) is 28.7 Å². The molecule has 1 aliphatic rings. The van der Waals surface area contributed by atoms with Crippen LogP contribution in [0.5, 0.6) is 5.75 Å². The van der Waals surface area contributed by atoms with E-state index in [1.165, 1.54) is 25.4 Å². The number of hydrogen-bond acceptors (Lipinski definition) is 5. The highest BCUT2D eigenvalue weighted by Gasteiger charge is 2.23. The predicted molar refractivity (Wildman–Crippen MR) is 91.8 cm³/mol. The molecular weight excluding hydrogens is 398 g/mol. The van der Waals surface area contributed by atoms with Crippen molar-refractivity contribution < 1.29 is 17.9 Å². The highest BCUT2D eigenvalue weighted by molar-refractivity contribution is 9.10. The van der Waals surface area contributed by atoms with Crippen molar-refractivity contribution in [2.24, 2.45) is 0 Å². The van der Waals surface area contributed by atoms with Crippen molar-refractivity contribution in [2.75, 3.05) is 18.4 Å². The van der Waals surface area contributed by atoms with Gasteiger partial charge in [-0.15, -0.1) is 0 Å². The molecule has 0 fully saturated rings. The average Bonchev–Trinajstić information content (AvgIpc) is 2.55. The van der Waals surface area contributed by atoms with E-state index in [4.69, 9.17) is 4.74 Å². The van der Waals surface area contributed by atoms with Crippen LogP contribution < -0.4 is 14.8 Å². The molecule has 7 nitrogen and oxygen atoms in total. The second kappa shape index (κ2) is 6.40. The number of ether oxygens (including phenoxy) is 1. The quantitative estimate of drug-likeness (QED) is 0.800. The van der Waals surface area contributed by atoms with Gasteiger partial charge in [-0.1, -0.05) is 15.9 Å². The van der Waals surface area contributed by atoms with Crippen LogP contribution in [0.1, 0.15) is 16.1 Å². The van der Waals surface area contributed by atoms with Gasteiger partial charge in [0.15, 0.2) is 0 Å². The number of sulfonamides is 1. The molecule has 0 aliphatic carbocycles. The number of fused-ring (bicyclic) bond motifs is 1. The molecule has 9 heteroatoms. The highest BCUT2D eigenvalue weighted by Crippen LogP contribution is 2.29. The van der Waals surface area contributed by atoms with Gasteiger partial charge in [-0.05, 0) is 24.3 Å². The SMILES string of the molecule is COc1ccc(Br)cc1S(=O)(=O)Nc1cnc2c(c1)C(=O)NCC2. The number of rotatable bonds is 4. The number of hydrogen-bond donors (Lipinski definition) is 2. The first-order valence-electron chi connectivity index (χ1n) is 7.04. The summed E-state index contributed by atoms with van der Waals surface area (Å²) < 4.78 is 33.4. The molecule has 24 heavy (non-hydrogen) atoms. The Hall–Kier alpha value is -2.13. The zero-order valence-corrected chi connectivity index (χ0v) is 15.1. The number of pyridine rings is 1. The van der Waals surface area contributed by atoms with Crippen molar-refractivity contribution in [1.29, 1.82) is 0 Å². The van der Waals surface area contributed by atoms with Gasteiger partial charge in [0, 0.05) is 17.4 Å². The Kier molecular flexibility index (Phi) is 4.46. The Bertz CT molecular complexity index is 915. The number of benzene rings is 1. The Morgan fingerprint density at radius 3 is 2.88 bits per heavy atom. The second-order valence-electron chi connectivity index (χ2n) is 5.12. The molecule has 0 bridgehead atoms. The normalized spacial score (nSPS) is 13.8. The largest absolute Gasteiger partial charge is 0.495 e. The summed E-state index contributed by atoms with van der Waals surface area (Å²) in [5, 5.41) is 2.70. The molecule has 1 amide bonds. The van der Waals surface area contributed by atoms with E-state index in [0.717, 1.165) is 0 Å². The second-order valence-corrected chi connectivity index (χ2v) is 7.69. The number of amides is 1. The van der Waals surface area contributed by atoms with Gasteiger partial charge in [-0.3, -0.25) is 14.5 Å². The summed E-state index contributed by atoms with van der Waals surface area (Å²) in [6.07, 6.45) is 2.02. The molecule has 1 aromatic carbocycles. The maximum absolute atomic E-state index is 12.6. The maximum atomic E-state index is 12.6. The molecule has 126 valence electrons. The number of carbonyl (C=O) groups excluding carboxylic acids is 1. The smallest absolute Gasteiger partial charge is 0.265 e. The van der Waals surface area contributed by atoms with E-state index in [1.807, 2.05) is 0 Å². The zero-order chi connectivity index (χ0) is 17.3. The van der Waals surface area contributed by atoms with Gasteiger partial charge in [0.25, 0.3) is 15.9 Å². The monoisotopic (exact) mass is 411 g/mol. The summed E-state index contributed by atoms with van der Waals surface area (Å²) in [6, 6.07) is 6.17. The minimum absolute atomic E-state index is 0.0125. The lowest BCUT2D eigenvalue weighted by Crippen LogP contribution is -2.32. The molecular formula is C15H14BrN3O4S. The molecule has 0 atom stereocenters. The third kappa shape index (κ3) is 3.22. The fourth-order valence-corrected chi connectivity index (χ4v) is 4.15. The van der Waals surface area contributed by atoms with Crippen molar-refractivity contribution in [3.05, 3.63) is 46.2 Å². The number of methoxy groups -OCH3 is 1. The molecule has 2 heterocycles. The van der Waals surface area contributed by atoms with Crippen LogP contribution in [0.4, 0.5) is 5.69 Å². The third-order valence-electron chi connectivity index (χ3n) is 3.53. The van der Waals surface area contributed by atoms with E-state index in [1.54, 1.807) is 12.1 Å². The number of nitrogens with one attached hydrogen (secondary N) is 2. The summed E-state index contributed by atoms with van der Waals surface area (Å²) in [5.41, 5.74) is 1.25.